The summed E-state index contributed by atoms with van der Waals surface area (Å²) in [6.07, 6.45) is 0. The summed E-state index contributed by atoms with van der Waals surface area (Å²) in [5.41, 5.74) is 0.898. The SMILES string of the molecule is N=C1CSC1. The molecule has 1 rings (SSSR count). The number of hydrogen-bond acceptors (Lipinski definition) is 2. The van der Waals surface area contributed by atoms with Crippen molar-refractivity contribution in [3.05, 3.63) is 0 Å². The molecule has 0 spiro atoms. The van der Waals surface area contributed by atoms with Crippen molar-refractivity contribution in [2.45, 2.75) is 0 Å². The molecule has 1 heterocycles. The summed E-state index contributed by atoms with van der Waals surface area (Å²) < 4.78 is 0. The van der Waals surface area contributed by atoms with Gasteiger partial charge in [0.1, 0.15) is 0 Å². The molecule has 1 aliphatic rings. The number of thioether (sulfide) groups is 1. The second-order valence-electron chi connectivity index (χ2n) is 1.10. The minimum atomic E-state index is 0.898. The topological polar surface area (TPSA) is 23.9 Å². The quantitative estimate of drug-likeness (QED) is 0.463. The molecule has 0 unspecified atom stereocenters. The van der Waals surface area contributed by atoms with E-state index in [9.17, 15) is 0 Å². The van der Waals surface area contributed by atoms with E-state index in [1.165, 1.54) is 0 Å². The molecule has 0 aromatic heterocycles. The van der Waals surface area contributed by atoms with Crippen LogP contribution in [0.25, 0.3) is 0 Å². The van der Waals surface area contributed by atoms with Crippen molar-refractivity contribution in [2.75, 3.05) is 11.5 Å². The zero-order chi connectivity index (χ0) is 3.70. The first-order chi connectivity index (χ1) is 2.39. The van der Waals surface area contributed by atoms with Crippen LogP contribution in [0, 0.1) is 5.41 Å². The molecule has 5 heavy (non-hydrogen) atoms. The van der Waals surface area contributed by atoms with E-state index in [0.717, 1.165) is 17.2 Å². The highest BCUT2D eigenvalue weighted by Gasteiger charge is 2.05. The van der Waals surface area contributed by atoms with Crippen molar-refractivity contribution < 1.29 is 0 Å². The average Bonchev–Trinajstić information content (AvgIpc) is 1.30. The summed E-state index contributed by atoms with van der Waals surface area (Å²) >= 11 is 1.82. The fourth-order valence-corrected chi connectivity index (χ4v) is 0.612. The van der Waals surface area contributed by atoms with Crippen molar-refractivity contribution >= 4 is 17.5 Å². The minimum Gasteiger partial charge on any atom is -0.308 e. The third-order valence-electron chi connectivity index (χ3n) is 0.553. The van der Waals surface area contributed by atoms with Crippen LogP contribution in [0.4, 0.5) is 0 Å². The summed E-state index contributed by atoms with van der Waals surface area (Å²) in [6, 6.07) is 0. The smallest absolute Gasteiger partial charge is 0.0324 e. The van der Waals surface area contributed by atoms with Crippen molar-refractivity contribution in [3.8, 4) is 0 Å². The average molecular weight is 87.1 g/mol. The lowest BCUT2D eigenvalue weighted by Crippen LogP contribution is -2.14. The summed E-state index contributed by atoms with van der Waals surface area (Å²) in [5, 5.41) is 6.81. The van der Waals surface area contributed by atoms with Gasteiger partial charge in [0.2, 0.25) is 0 Å². The van der Waals surface area contributed by atoms with E-state index in [0.29, 0.717) is 0 Å². The van der Waals surface area contributed by atoms with Gasteiger partial charge in [-0.05, 0) is 0 Å². The number of rotatable bonds is 0. The molecular weight excluding hydrogens is 82.1 g/mol. The van der Waals surface area contributed by atoms with Gasteiger partial charge in [-0.25, -0.2) is 0 Å². The van der Waals surface area contributed by atoms with E-state index in [4.69, 9.17) is 5.41 Å². The Morgan fingerprint density at radius 3 is 2.00 bits per heavy atom. The summed E-state index contributed by atoms with van der Waals surface area (Å²) in [5.74, 6) is 1.97. The van der Waals surface area contributed by atoms with Crippen molar-refractivity contribution in [2.24, 2.45) is 0 Å². The molecular formula is C3H5NS. The molecule has 1 aliphatic heterocycles. The van der Waals surface area contributed by atoms with Crippen LogP contribution in [0.2, 0.25) is 0 Å². The Kier molecular flexibility index (Phi) is 0.651. The first kappa shape index (κ1) is 3.22. The molecule has 0 amide bonds. The molecule has 1 saturated heterocycles. The summed E-state index contributed by atoms with van der Waals surface area (Å²) in [4.78, 5) is 0. The Balaban J connectivity index is 2.32. The first-order valence-corrected chi connectivity index (χ1v) is 2.69. The maximum absolute atomic E-state index is 6.81. The predicted octanol–water partition coefficient (Wildman–Crippen LogP) is 0.753. The van der Waals surface area contributed by atoms with Gasteiger partial charge in [0.15, 0.2) is 0 Å². The van der Waals surface area contributed by atoms with Crippen LogP contribution in [0.5, 0.6) is 0 Å². The Labute approximate surface area is 35.3 Å². The molecule has 0 radical (unpaired) electrons. The fourth-order valence-electron chi connectivity index (χ4n) is 0.204. The molecule has 0 atom stereocenters. The molecule has 28 valence electrons. The third kappa shape index (κ3) is 0.453. The molecule has 0 bridgehead atoms. The predicted molar refractivity (Wildman–Crippen MR) is 25.1 cm³/mol. The standard InChI is InChI=1S/C3H5NS/c4-3-1-5-2-3/h4H,1-2H2. The van der Waals surface area contributed by atoms with Gasteiger partial charge >= 0.3 is 0 Å². The molecule has 0 aromatic rings. The van der Waals surface area contributed by atoms with Crippen LogP contribution >= 0.6 is 11.8 Å². The third-order valence-corrected chi connectivity index (χ3v) is 1.66. The summed E-state index contributed by atoms with van der Waals surface area (Å²) in [6.45, 7) is 0. The molecule has 1 N–H and O–H groups in total. The van der Waals surface area contributed by atoms with E-state index in [1.54, 1.807) is 0 Å². The van der Waals surface area contributed by atoms with Gasteiger partial charge in [0.05, 0.1) is 0 Å². The molecule has 1 nitrogen and oxygen atoms in total. The van der Waals surface area contributed by atoms with Crippen LogP contribution in [-0.2, 0) is 0 Å². The van der Waals surface area contributed by atoms with Crippen LogP contribution in [0.15, 0.2) is 0 Å². The van der Waals surface area contributed by atoms with Gasteiger partial charge in [-0.15, -0.1) is 11.8 Å². The van der Waals surface area contributed by atoms with Gasteiger partial charge in [-0.2, -0.15) is 0 Å². The zero-order valence-corrected chi connectivity index (χ0v) is 3.64. The number of hydrogen-bond donors (Lipinski definition) is 1. The normalized spacial score (nSPS) is 22.0. The van der Waals surface area contributed by atoms with Gasteiger partial charge in [-0.1, -0.05) is 0 Å². The fraction of sp³-hybridized carbons (Fsp3) is 0.667. The van der Waals surface area contributed by atoms with Crippen LogP contribution in [0.1, 0.15) is 0 Å². The second kappa shape index (κ2) is 1.01. The second-order valence-corrected chi connectivity index (χ2v) is 2.08. The van der Waals surface area contributed by atoms with E-state index >= 15 is 0 Å². The lowest BCUT2D eigenvalue weighted by Gasteiger charge is -2.09. The first-order valence-electron chi connectivity index (χ1n) is 1.53. The van der Waals surface area contributed by atoms with Gasteiger partial charge in [0.25, 0.3) is 0 Å². The highest BCUT2D eigenvalue weighted by molar-refractivity contribution is 8.03. The lowest BCUT2D eigenvalue weighted by atomic mass is 10.5. The Morgan fingerprint density at radius 2 is 2.00 bits per heavy atom. The van der Waals surface area contributed by atoms with Gasteiger partial charge in [0, 0.05) is 17.2 Å². The number of nitrogens with one attached hydrogen (secondary N) is 1. The molecule has 1 fully saturated rings. The largest absolute Gasteiger partial charge is 0.308 e. The maximum atomic E-state index is 6.81. The monoisotopic (exact) mass is 87.0 g/mol. The molecule has 0 aromatic carbocycles. The van der Waals surface area contributed by atoms with E-state index in [2.05, 4.69) is 0 Å². The Morgan fingerprint density at radius 1 is 1.60 bits per heavy atom. The van der Waals surface area contributed by atoms with Gasteiger partial charge in [-0.3, -0.25) is 0 Å². The molecule has 2 heteroatoms. The highest BCUT2D eigenvalue weighted by Crippen LogP contribution is 2.11. The molecule has 0 aliphatic carbocycles. The molecule has 0 saturated carbocycles. The zero-order valence-electron chi connectivity index (χ0n) is 2.82. The van der Waals surface area contributed by atoms with Crippen molar-refractivity contribution in [1.82, 2.24) is 0 Å². The Hall–Kier alpha value is 0.0200. The van der Waals surface area contributed by atoms with Crippen LogP contribution in [0.3, 0.4) is 0 Å². The van der Waals surface area contributed by atoms with Gasteiger partial charge < -0.3 is 5.41 Å². The maximum Gasteiger partial charge on any atom is 0.0324 e. The van der Waals surface area contributed by atoms with Crippen LogP contribution < -0.4 is 0 Å². The summed E-state index contributed by atoms with van der Waals surface area (Å²) in [7, 11) is 0. The highest BCUT2D eigenvalue weighted by atomic mass is 32.2. The Bertz CT molecular complexity index is 53.9. The van der Waals surface area contributed by atoms with Crippen molar-refractivity contribution in [1.29, 1.82) is 5.41 Å². The van der Waals surface area contributed by atoms with Crippen LogP contribution in [-0.4, -0.2) is 17.2 Å². The van der Waals surface area contributed by atoms with E-state index < -0.39 is 0 Å². The lowest BCUT2D eigenvalue weighted by molar-refractivity contribution is 1.44. The van der Waals surface area contributed by atoms with E-state index in [1.807, 2.05) is 11.8 Å². The van der Waals surface area contributed by atoms with Crippen molar-refractivity contribution in [3.63, 3.8) is 0 Å². The minimum absolute atomic E-state index is 0.898. The van der Waals surface area contributed by atoms with E-state index in [-0.39, 0.29) is 0 Å².